The summed E-state index contributed by atoms with van der Waals surface area (Å²) in [6.07, 6.45) is 5.72. The van der Waals surface area contributed by atoms with Crippen molar-refractivity contribution in [3.63, 3.8) is 0 Å². The second-order valence-corrected chi connectivity index (χ2v) is 8.19. The number of rotatable bonds is 12. The topological polar surface area (TPSA) is 72.8 Å². The van der Waals surface area contributed by atoms with E-state index in [0.717, 1.165) is 38.5 Å². The molecule has 2 amide bonds. The SMILES string of the molecule is CC(C)(CO)CCCCN(CCCCC(C)(C)CO)C(=O)NS. The Morgan fingerprint density at radius 2 is 1.30 bits per heavy atom. The summed E-state index contributed by atoms with van der Waals surface area (Å²) in [4.78, 5) is 13.7. The molecular weight excluding hydrogens is 312 g/mol. The van der Waals surface area contributed by atoms with Crippen molar-refractivity contribution in [3.8, 4) is 0 Å². The van der Waals surface area contributed by atoms with E-state index in [0.29, 0.717) is 13.1 Å². The smallest absolute Gasteiger partial charge is 0.327 e. The molecule has 0 fully saturated rings. The fraction of sp³-hybridized carbons (Fsp3) is 0.941. The number of hydrogen-bond acceptors (Lipinski definition) is 4. The van der Waals surface area contributed by atoms with Gasteiger partial charge in [-0.15, -0.1) is 0 Å². The van der Waals surface area contributed by atoms with Gasteiger partial charge in [-0.05, 0) is 36.5 Å². The van der Waals surface area contributed by atoms with Crippen molar-refractivity contribution in [2.45, 2.75) is 66.2 Å². The molecule has 0 aromatic rings. The van der Waals surface area contributed by atoms with Crippen molar-refractivity contribution in [1.29, 1.82) is 0 Å². The van der Waals surface area contributed by atoms with Crippen LogP contribution in [-0.2, 0) is 0 Å². The highest BCUT2D eigenvalue weighted by molar-refractivity contribution is 7.78. The molecule has 0 aliphatic heterocycles. The van der Waals surface area contributed by atoms with Gasteiger partial charge in [0.25, 0.3) is 0 Å². The first-order valence-electron chi connectivity index (χ1n) is 8.58. The van der Waals surface area contributed by atoms with E-state index < -0.39 is 0 Å². The number of aliphatic hydroxyl groups is 2. The van der Waals surface area contributed by atoms with Crippen LogP contribution in [0.4, 0.5) is 4.79 Å². The molecule has 5 nitrogen and oxygen atoms in total. The Bertz CT molecular complexity index is 312. The van der Waals surface area contributed by atoms with E-state index >= 15 is 0 Å². The average molecular weight is 349 g/mol. The van der Waals surface area contributed by atoms with E-state index in [1.807, 2.05) is 27.7 Å². The van der Waals surface area contributed by atoms with Crippen molar-refractivity contribution in [3.05, 3.63) is 0 Å². The quantitative estimate of drug-likeness (QED) is 0.323. The zero-order valence-corrected chi connectivity index (χ0v) is 16.2. The summed E-state index contributed by atoms with van der Waals surface area (Å²) < 4.78 is 2.40. The normalized spacial score (nSPS) is 12.3. The summed E-state index contributed by atoms with van der Waals surface area (Å²) in [5, 5.41) is 18.5. The number of thiol groups is 1. The molecule has 0 aromatic heterocycles. The summed E-state index contributed by atoms with van der Waals surface area (Å²) in [6, 6.07) is -0.156. The van der Waals surface area contributed by atoms with E-state index in [-0.39, 0.29) is 30.1 Å². The van der Waals surface area contributed by atoms with Crippen LogP contribution >= 0.6 is 12.8 Å². The average Bonchev–Trinajstić information content (AvgIpc) is 2.52. The van der Waals surface area contributed by atoms with Crippen LogP contribution in [0, 0.1) is 10.8 Å². The molecule has 6 heteroatoms. The van der Waals surface area contributed by atoms with Crippen LogP contribution in [0.1, 0.15) is 66.2 Å². The van der Waals surface area contributed by atoms with Crippen LogP contribution < -0.4 is 4.72 Å². The molecule has 3 N–H and O–H groups in total. The Labute approximate surface area is 147 Å². The molecule has 0 atom stereocenters. The van der Waals surface area contributed by atoms with E-state index in [1.165, 1.54) is 0 Å². The zero-order valence-electron chi connectivity index (χ0n) is 15.3. The molecule has 0 radical (unpaired) electrons. The number of nitrogens with one attached hydrogen (secondary N) is 1. The van der Waals surface area contributed by atoms with Gasteiger partial charge in [-0.1, -0.05) is 53.4 Å². The van der Waals surface area contributed by atoms with Crippen molar-refractivity contribution in [2.75, 3.05) is 26.3 Å². The lowest BCUT2D eigenvalue weighted by molar-refractivity contribution is 0.143. The predicted molar refractivity (Wildman–Crippen MR) is 98.5 cm³/mol. The maximum absolute atomic E-state index is 11.9. The number of aliphatic hydroxyl groups excluding tert-OH is 2. The minimum absolute atomic E-state index is 0.0491. The highest BCUT2D eigenvalue weighted by Crippen LogP contribution is 2.23. The summed E-state index contributed by atoms with van der Waals surface area (Å²) in [6.45, 7) is 9.99. The first kappa shape index (κ1) is 22.5. The monoisotopic (exact) mass is 348 g/mol. The van der Waals surface area contributed by atoms with Crippen LogP contribution in [0.2, 0.25) is 0 Å². The molecule has 0 heterocycles. The Hall–Kier alpha value is -0.460. The number of unbranched alkanes of at least 4 members (excludes halogenated alkanes) is 2. The largest absolute Gasteiger partial charge is 0.396 e. The van der Waals surface area contributed by atoms with E-state index in [4.69, 9.17) is 0 Å². The lowest BCUT2D eigenvalue weighted by Gasteiger charge is -2.25. The highest BCUT2D eigenvalue weighted by Gasteiger charge is 2.18. The molecule has 0 unspecified atom stereocenters. The number of carbonyl (C=O) groups is 1. The molecule has 23 heavy (non-hydrogen) atoms. The third-order valence-corrected chi connectivity index (χ3v) is 4.49. The van der Waals surface area contributed by atoms with Gasteiger partial charge in [0.15, 0.2) is 0 Å². The van der Waals surface area contributed by atoms with Gasteiger partial charge in [-0.3, -0.25) is 4.72 Å². The molecule has 0 spiro atoms. The van der Waals surface area contributed by atoms with Crippen molar-refractivity contribution in [1.82, 2.24) is 9.62 Å². The fourth-order valence-corrected chi connectivity index (χ4v) is 2.50. The molecule has 0 aliphatic rings. The third kappa shape index (κ3) is 10.8. The van der Waals surface area contributed by atoms with Crippen molar-refractivity contribution in [2.24, 2.45) is 10.8 Å². The van der Waals surface area contributed by atoms with Crippen molar-refractivity contribution < 1.29 is 15.0 Å². The summed E-state index contributed by atoms with van der Waals surface area (Å²) in [7, 11) is 0. The number of carbonyl (C=O) groups excluding carboxylic acids is 1. The Balaban J connectivity index is 4.11. The second kappa shape index (κ2) is 11.2. The summed E-state index contributed by atoms with van der Waals surface area (Å²) >= 11 is 3.86. The van der Waals surface area contributed by atoms with Crippen LogP contribution in [-0.4, -0.2) is 47.4 Å². The van der Waals surface area contributed by atoms with Gasteiger partial charge in [0.2, 0.25) is 0 Å². The maximum Gasteiger partial charge on any atom is 0.327 e. The third-order valence-electron chi connectivity index (χ3n) is 4.30. The molecule has 0 saturated carbocycles. The molecule has 0 bridgehead atoms. The number of nitrogens with zero attached hydrogens (tertiary/aromatic N) is 1. The molecule has 0 aromatic carbocycles. The van der Waals surface area contributed by atoms with Gasteiger partial charge in [-0.2, -0.15) is 0 Å². The lowest BCUT2D eigenvalue weighted by Crippen LogP contribution is -2.37. The number of hydrogen-bond donors (Lipinski definition) is 4. The predicted octanol–water partition coefficient (Wildman–Crippen LogP) is 3.22. The van der Waals surface area contributed by atoms with Gasteiger partial charge < -0.3 is 15.1 Å². The van der Waals surface area contributed by atoms with E-state index in [9.17, 15) is 15.0 Å². The Morgan fingerprint density at radius 3 is 1.61 bits per heavy atom. The number of amides is 2. The molecule has 0 aliphatic carbocycles. The highest BCUT2D eigenvalue weighted by atomic mass is 32.1. The number of urea groups is 1. The first-order chi connectivity index (χ1) is 10.7. The van der Waals surface area contributed by atoms with Gasteiger partial charge in [-0.25, -0.2) is 4.79 Å². The molecule has 0 rings (SSSR count). The van der Waals surface area contributed by atoms with Crippen LogP contribution in [0.3, 0.4) is 0 Å². The fourth-order valence-electron chi connectivity index (χ4n) is 2.36. The van der Waals surface area contributed by atoms with Gasteiger partial charge in [0.1, 0.15) is 0 Å². The van der Waals surface area contributed by atoms with Gasteiger partial charge >= 0.3 is 6.03 Å². The van der Waals surface area contributed by atoms with Gasteiger partial charge in [0, 0.05) is 26.3 Å². The lowest BCUT2D eigenvalue weighted by atomic mass is 9.88. The minimum atomic E-state index is -0.156. The van der Waals surface area contributed by atoms with Crippen LogP contribution in [0.5, 0.6) is 0 Å². The molecule has 138 valence electrons. The summed E-state index contributed by atoms with van der Waals surface area (Å²) in [5.41, 5.74) is -0.0982. The standard InChI is InChI=1S/C17H36N2O3S/c1-16(2,13-20)9-5-7-11-19(15(22)18-23)12-8-6-10-17(3,4)14-21/h20-21,23H,5-14H2,1-4H3,(H,18,22). The van der Waals surface area contributed by atoms with Crippen LogP contribution in [0.15, 0.2) is 0 Å². The van der Waals surface area contributed by atoms with Crippen LogP contribution in [0.25, 0.3) is 0 Å². The second-order valence-electron chi connectivity index (χ2n) is 7.96. The van der Waals surface area contributed by atoms with E-state index in [2.05, 4.69) is 17.5 Å². The molecule has 0 saturated heterocycles. The Kier molecular flexibility index (Phi) is 10.9. The maximum atomic E-state index is 11.9. The van der Waals surface area contributed by atoms with Crippen molar-refractivity contribution >= 4 is 18.8 Å². The van der Waals surface area contributed by atoms with E-state index in [1.54, 1.807) is 4.90 Å². The van der Waals surface area contributed by atoms with Gasteiger partial charge in [0.05, 0.1) is 0 Å². The Morgan fingerprint density at radius 1 is 0.913 bits per heavy atom. The zero-order chi connectivity index (χ0) is 17.9. The first-order valence-corrected chi connectivity index (χ1v) is 9.03. The minimum Gasteiger partial charge on any atom is -0.396 e. The molecular formula is C17H36N2O3S. The summed E-state index contributed by atoms with van der Waals surface area (Å²) in [5.74, 6) is 0.